The van der Waals surface area contributed by atoms with Crippen LogP contribution in [-0.4, -0.2) is 24.2 Å². The van der Waals surface area contributed by atoms with E-state index in [9.17, 15) is 8.42 Å². The Bertz CT molecular complexity index is 1910. The number of hydrogen-bond donors (Lipinski definition) is 0. The van der Waals surface area contributed by atoms with E-state index in [0.717, 1.165) is 38.1 Å². The van der Waals surface area contributed by atoms with Crippen molar-refractivity contribution in [3.05, 3.63) is 84.6 Å². The largest absolute Gasteiger partial charge is 0.454 e. The van der Waals surface area contributed by atoms with Crippen molar-refractivity contribution >= 4 is 53.5 Å². The molecule has 166 valence electrons. The summed E-state index contributed by atoms with van der Waals surface area (Å²) in [5.41, 5.74) is 2.92. The molecule has 0 bridgehead atoms. The van der Waals surface area contributed by atoms with Crippen LogP contribution in [0.5, 0.6) is 11.5 Å². The molecule has 34 heavy (non-hydrogen) atoms. The molecular formula is C27H18N2O4S. The van der Waals surface area contributed by atoms with Gasteiger partial charge >= 0.3 is 0 Å². The molecule has 4 aromatic carbocycles. The zero-order valence-electron chi connectivity index (χ0n) is 18.1. The van der Waals surface area contributed by atoms with Gasteiger partial charge in [-0.1, -0.05) is 36.4 Å². The molecular weight excluding hydrogens is 448 g/mol. The van der Waals surface area contributed by atoms with Gasteiger partial charge in [0.25, 0.3) is 10.0 Å². The van der Waals surface area contributed by atoms with E-state index < -0.39 is 10.0 Å². The SMILES string of the molecule is Cc1nc2cc3c(cc2c2cc4c(cc12)c1ccccc1n4S(=O)(=O)c1ccccc1)OCO3. The molecule has 1 aliphatic heterocycles. The number of ether oxygens (including phenoxy) is 2. The predicted octanol–water partition coefficient (Wildman–Crippen LogP) is 5.77. The summed E-state index contributed by atoms with van der Waals surface area (Å²) in [5, 5.41) is 4.52. The van der Waals surface area contributed by atoms with E-state index in [-0.39, 0.29) is 11.7 Å². The highest BCUT2D eigenvalue weighted by Crippen LogP contribution is 2.41. The highest BCUT2D eigenvalue weighted by Gasteiger charge is 2.24. The van der Waals surface area contributed by atoms with Crippen LogP contribution < -0.4 is 9.47 Å². The average molecular weight is 467 g/mol. The minimum Gasteiger partial charge on any atom is -0.454 e. The average Bonchev–Trinajstić information content (AvgIpc) is 3.44. The van der Waals surface area contributed by atoms with E-state index in [1.165, 1.54) is 3.97 Å². The van der Waals surface area contributed by atoms with Crippen molar-refractivity contribution in [3.8, 4) is 11.5 Å². The lowest BCUT2D eigenvalue weighted by molar-refractivity contribution is 0.174. The van der Waals surface area contributed by atoms with Crippen molar-refractivity contribution in [2.45, 2.75) is 11.8 Å². The Kier molecular flexibility index (Phi) is 3.82. The van der Waals surface area contributed by atoms with Gasteiger partial charge < -0.3 is 9.47 Å². The van der Waals surface area contributed by atoms with Gasteiger partial charge in [0.1, 0.15) is 0 Å². The van der Waals surface area contributed by atoms with Crippen molar-refractivity contribution < 1.29 is 17.9 Å². The van der Waals surface area contributed by atoms with Gasteiger partial charge in [-0.2, -0.15) is 0 Å². The lowest BCUT2D eigenvalue weighted by Crippen LogP contribution is -2.12. The Morgan fingerprint density at radius 3 is 2.29 bits per heavy atom. The van der Waals surface area contributed by atoms with Crippen LogP contribution in [0, 0.1) is 6.92 Å². The first-order valence-electron chi connectivity index (χ1n) is 10.9. The number of fused-ring (bicyclic) bond motifs is 7. The van der Waals surface area contributed by atoms with Gasteiger partial charge in [0.15, 0.2) is 11.5 Å². The van der Waals surface area contributed by atoms with Crippen LogP contribution in [0.3, 0.4) is 0 Å². The zero-order chi connectivity index (χ0) is 23.0. The number of rotatable bonds is 2. The second-order valence-corrected chi connectivity index (χ2v) is 10.2. The highest BCUT2D eigenvalue weighted by atomic mass is 32.2. The molecule has 6 aromatic rings. The van der Waals surface area contributed by atoms with E-state index in [1.54, 1.807) is 24.3 Å². The smallest absolute Gasteiger partial charge is 0.268 e. The maximum absolute atomic E-state index is 13.9. The Morgan fingerprint density at radius 1 is 0.735 bits per heavy atom. The van der Waals surface area contributed by atoms with Gasteiger partial charge in [0.2, 0.25) is 6.79 Å². The molecule has 0 amide bonds. The Morgan fingerprint density at radius 2 is 1.47 bits per heavy atom. The molecule has 0 saturated heterocycles. The molecule has 3 heterocycles. The molecule has 0 radical (unpaired) electrons. The third-order valence-corrected chi connectivity index (χ3v) is 8.25. The number of aromatic nitrogens is 2. The Hall–Kier alpha value is -4.10. The maximum atomic E-state index is 13.9. The topological polar surface area (TPSA) is 70.4 Å². The molecule has 2 aromatic heterocycles. The highest BCUT2D eigenvalue weighted by molar-refractivity contribution is 7.90. The number of pyridine rings is 1. The van der Waals surface area contributed by atoms with Gasteiger partial charge in [-0.15, -0.1) is 0 Å². The van der Waals surface area contributed by atoms with E-state index in [0.29, 0.717) is 22.5 Å². The molecule has 0 unspecified atom stereocenters. The molecule has 7 heteroatoms. The fraction of sp³-hybridized carbons (Fsp3) is 0.0741. The fourth-order valence-corrected chi connectivity index (χ4v) is 6.48. The molecule has 0 N–H and O–H groups in total. The number of hydrogen-bond acceptors (Lipinski definition) is 5. The van der Waals surface area contributed by atoms with E-state index in [1.807, 2.05) is 55.5 Å². The molecule has 1 aliphatic rings. The number of benzene rings is 4. The van der Waals surface area contributed by atoms with Gasteiger partial charge in [-0.05, 0) is 48.7 Å². The summed E-state index contributed by atoms with van der Waals surface area (Å²) < 4.78 is 40.3. The van der Waals surface area contributed by atoms with E-state index in [4.69, 9.17) is 14.5 Å². The number of nitrogens with zero attached hydrogens (tertiary/aromatic N) is 2. The van der Waals surface area contributed by atoms with Gasteiger partial charge in [-0.3, -0.25) is 4.98 Å². The third kappa shape index (κ3) is 2.55. The van der Waals surface area contributed by atoms with Gasteiger partial charge in [0.05, 0.1) is 21.4 Å². The van der Waals surface area contributed by atoms with Crippen molar-refractivity contribution in [1.82, 2.24) is 8.96 Å². The zero-order valence-corrected chi connectivity index (χ0v) is 19.0. The summed E-state index contributed by atoms with van der Waals surface area (Å²) in [7, 11) is -3.83. The summed E-state index contributed by atoms with van der Waals surface area (Å²) in [6.45, 7) is 2.15. The Balaban J connectivity index is 1.67. The summed E-state index contributed by atoms with van der Waals surface area (Å²) in [4.78, 5) is 5.06. The predicted molar refractivity (Wildman–Crippen MR) is 132 cm³/mol. The first-order valence-corrected chi connectivity index (χ1v) is 12.3. The second kappa shape index (κ2) is 6.71. The molecule has 0 aliphatic carbocycles. The summed E-state index contributed by atoms with van der Waals surface area (Å²) >= 11 is 0. The van der Waals surface area contributed by atoms with Crippen LogP contribution in [0.4, 0.5) is 0 Å². The maximum Gasteiger partial charge on any atom is 0.268 e. The normalized spacial score (nSPS) is 13.4. The van der Waals surface area contributed by atoms with Crippen LogP contribution >= 0.6 is 0 Å². The first kappa shape index (κ1) is 19.4. The van der Waals surface area contributed by atoms with E-state index in [2.05, 4.69) is 6.07 Å². The first-order chi connectivity index (χ1) is 16.5. The molecule has 0 spiro atoms. The number of para-hydroxylation sites is 1. The quantitative estimate of drug-likeness (QED) is 0.303. The summed E-state index contributed by atoms with van der Waals surface area (Å²) in [6.07, 6.45) is 0. The second-order valence-electron chi connectivity index (χ2n) is 8.43. The standard InChI is InChI=1S/C27H18N2O4S/c1-16-19-11-22-18-9-5-6-10-24(18)29(34(30,31)17-7-3-2-4-8-17)25(22)12-20(19)21-13-26-27(33-15-32-26)14-23(21)28-16/h2-14H,15H2,1H3. The van der Waals surface area contributed by atoms with Crippen LogP contribution in [0.25, 0.3) is 43.5 Å². The molecule has 0 atom stereocenters. The minimum absolute atomic E-state index is 0.177. The van der Waals surface area contributed by atoms with Crippen LogP contribution in [0.1, 0.15) is 5.69 Å². The van der Waals surface area contributed by atoms with Crippen LogP contribution in [0.15, 0.2) is 83.8 Å². The van der Waals surface area contributed by atoms with Crippen molar-refractivity contribution in [2.24, 2.45) is 0 Å². The fourth-order valence-electron chi connectivity index (χ4n) is 4.94. The monoisotopic (exact) mass is 466 g/mol. The Labute approximate surface area is 195 Å². The van der Waals surface area contributed by atoms with Crippen LogP contribution in [-0.2, 0) is 10.0 Å². The van der Waals surface area contributed by atoms with Gasteiger partial charge in [-0.25, -0.2) is 12.4 Å². The van der Waals surface area contributed by atoms with Crippen molar-refractivity contribution in [1.29, 1.82) is 0 Å². The van der Waals surface area contributed by atoms with Crippen molar-refractivity contribution in [2.75, 3.05) is 6.79 Å². The molecule has 0 fully saturated rings. The lowest BCUT2D eigenvalue weighted by Gasteiger charge is -2.11. The van der Waals surface area contributed by atoms with Crippen LogP contribution in [0.2, 0.25) is 0 Å². The lowest BCUT2D eigenvalue weighted by atomic mass is 10.0. The number of aryl methyl sites for hydroxylation is 1. The summed E-state index contributed by atoms with van der Waals surface area (Å²) in [6, 6.07) is 24.0. The summed E-state index contributed by atoms with van der Waals surface area (Å²) in [5.74, 6) is 1.33. The van der Waals surface area contributed by atoms with E-state index >= 15 is 0 Å². The third-order valence-electron chi connectivity index (χ3n) is 6.51. The molecule has 0 saturated carbocycles. The minimum atomic E-state index is -3.83. The molecule has 7 rings (SSSR count). The molecule has 6 nitrogen and oxygen atoms in total. The van der Waals surface area contributed by atoms with Gasteiger partial charge in [0, 0.05) is 33.3 Å². The van der Waals surface area contributed by atoms with Crippen molar-refractivity contribution in [3.63, 3.8) is 0 Å².